The first-order chi connectivity index (χ1) is 12.6. The first-order valence-corrected chi connectivity index (χ1v) is 9.29. The molecule has 5 nitrogen and oxygen atoms in total. The largest absolute Gasteiger partial charge is 0.345 e. The molecular weight excluding hydrogens is 324 g/mol. The molecule has 1 aliphatic rings. The standard InChI is InChI=1S/C21H28N4O/c1-17-5-3-4-6-19(17)21(18-7-10-22-11-8-18)23-20(26)9-12-25-15-13-24(2)14-16-25/h3-8,10-11,21H,9,12-16H2,1-2H3,(H,23,26). The molecule has 1 saturated heterocycles. The van der Waals surface area contributed by atoms with Crippen LogP contribution in [-0.4, -0.2) is 60.5 Å². The van der Waals surface area contributed by atoms with Gasteiger partial charge in [0.05, 0.1) is 6.04 Å². The van der Waals surface area contributed by atoms with Crippen LogP contribution >= 0.6 is 0 Å². The number of nitrogens with one attached hydrogen (secondary N) is 1. The second kappa shape index (κ2) is 8.92. The summed E-state index contributed by atoms with van der Waals surface area (Å²) in [5, 5.41) is 3.23. The van der Waals surface area contributed by atoms with E-state index in [2.05, 4.69) is 46.2 Å². The molecule has 2 heterocycles. The molecule has 1 aromatic carbocycles. The van der Waals surface area contributed by atoms with Crippen LogP contribution in [0.2, 0.25) is 0 Å². The molecule has 2 aromatic rings. The fourth-order valence-electron chi connectivity index (χ4n) is 3.37. The third-order valence-electron chi connectivity index (χ3n) is 5.10. The normalized spacial score (nSPS) is 17.0. The summed E-state index contributed by atoms with van der Waals surface area (Å²) < 4.78 is 0. The molecule has 1 aromatic heterocycles. The number of aromatic nitrogens is 1. The molecule has 0 radical (unpaired) electrons. The Morgan fingerprint density at radius 1 is 1.12 bits per heavy atom. The summed E-state index contributed by atoms with van der Waals surface area (Å²) in [7, 11) is 2.14. The maximum atomic E-state index is 12.7. The van der Waals surface area contributed by atoms with Crippen LogP contribution in [0.3, 0.4) is 0 Å². The van der Waals surface area contributed by atoms with Gasteiger partial charge in [-0.1, -0.05) is 24.3 Å². The van der Waals surface area contributed by atoms with Gasteiger partial charge in [0.2, 0.25) is 5.91 Å². The van der Waals surface area contributed by atoms with Gasteiger partial charge in [-0.05, 0) is 42.8 Å². The van der Waals surface area contributed by atoms with E-state index in [9.17, 15) is 4.79 Å². The fraction of sp³-hybridized carbons (Fsp3) is 0.429. The molecule has 1 aliphatic heterocycles. The molecule has 1 amide bonds. The molecule has 26 heavy (non-hydrogen) atoms. The van der Waals surface area contributed by atoms with E-state index in [0.717, 1.165) is 43.9 Å². The van der Waals surface area contributed by atoms with Crippen molar-refractivity contribution >= 4 is 5.91 Å². The van der Waals surface area contributed by atoms with Crippen molar-refractivity contribution in [3.8, 4) is 0 Å². The molecule has 0 aliphatic carbocycles. The van der Waals surface area contributed by atoms with Gasteiger partial charge in [0.15, 0.2) is 0 Å². The average Bonchev–Trinajstić information content (AvgIpc) is 2.67. The first kappa shape index (κ1) is 18.5. The molecule has 3 rings (SSSR count). The van der Waals surface area contributed by atoms with Gasteiger partial charge in [0, 0.05) is 51.5 Å². The van der Waals surface area contributed by atoms with Crippen LogP contribution in [0, 0.1) is 6.92 Å². The quantitative estimate of drug-likeness (QED) is 0.866. The highest BCUT2D eigenvalue weighted by Gasteiger charge is 2.20. The Bertz CT molecular complexity index is 711. The topological polar surface area (TPSA) is 48.5 Å². The minimum Gasteiger partial charge on any atom is -0.345 e. The third-order valence-corrected chi connectivity index (χ3v) is 5.10. The van der Waals surface area contributed by atoms with Crippen molar-refractivity contribution in [1.82, 2.24) is 20.1 Å². The van der Waals surface area contributed by atoms with Crippen LogP contribution < -0.4 is 5.32 Å². The third kappa shape index (κ3) is 4.90. The van der Waals surface area contributed by atoms with Crippen molar-refractivity contribution in [3.05, 3.63) is 65.5 Å². The number of aryl methyl sites for hydroxylation is 1. The van der Waals surface area contributed by atoms with Crippen molar-refractivity contribution in [1.29, 1.82) is 0 Å². The number of pyridine rings is 1. The fourth-order valence-corrected chi connectivity index (χ4v) is 3.37. The zero-order valence-electron chi connectivity index (χ0n) is 15.7. The van der Waals surface area contributed by atoms with E-state index in [1.54, 1.807) is 12.4 Å². The highest BCUT2D eigenvalue weighted by atomic mass is 16.1. The number of nitrogens with zero attached hydrogens (tertiary/aromatic N) is 3. The van der Waals surface area contributed by atoms with Crippen LogP contribution in [0.15, 0.2) is 48.8 Å². The molecular formula is C21H28N4O. The number of piperazine rings is 1. The second-order valence-electron chi connectivity index (χ2n) is 7.03. The van der Waals surface area contributed by atoms with Crippen molar-refractivity contribution in [2.45, 2.75) is 19.4 Å². The van der Waals surface area contributed by atoms with Gasteiger partial charge in [-0.15, -0.1) is 0 Å². The number of hydrogen-bond acceptors (Lipinski definition) is 4. The highest BCUT2D eigenvalue weighted by Crippen LogP contribution is 2.24. The van der Waals surface area contributed by atoms with E-state index in [1.165, 1.54) is 5.56 Å². The summed E-state index contributed by atoms with van der Waals surface area (Å²) in [6.07, 6.45) is 4.07. The van der Waals surface area contributed by atoms with Gasteiger partial charge in [-0.2, -0.15) is 0 Å². The van der Waals surface area contributed by atoms with Crippen molar-refractivity contribution < 1.29 is 4.79 Å². The Morgan fingerprint density at radius 2 is 1.81 bits per heavy atom. The summed E-state index contributed by atoms with van der Waals surface area (Å²) in [6, 6.07) is 12.0. The summed E-state index contributed by atoms with van der Waals surface area (Å²) in [6.45, 7) is 7.12. The van der Waals surface area contributed by atoms with Crippen molar-refractivity contribution in [3.63, 3.8) is 0 Å². The molecule has 0 saturated carbocycles. The van der Waals surface area contributed by atoms with E-state index in [4.69, 9.17) is 0 Å². The van der Waals surface area contributed by atoms with Crippen LogP contribution in [0.25, 0.3) is 0 Å². The Balaban J connectivity index is 1.66. The number of benzene rings is 1. The lowest BCUT2D eigenvalue weighted by Gasteiger charge is -2.32. The minimum absolute atomic E-state index is 0.0917. The summed E-state index contributed by atoms with van der Waals surface area (Å²) in [4.78, 5) is 21.5. The second-order valence-corrected chi connectivity index (χ2v) is 7.03. The van der Waals surface area contributed by atoms with E-state index >= 15 is 0 Å². The van der Waals surface area contributed by atoms with Gasteiger partial charge in [0.25, 0.3) is 0 Å². The van der Waals surface area contributed by atoms with Crippen LogP contribution in [0.1, 0.15) is 29.2 Å². The lowest BCUT2D eigenvalue weighted by molar-refractivity contribution is -0.122. The van der Waals surface area contributed by atoms with Gasteiger partial charge in [0.1, 0.15) is 0 Å². The zero-order valence-corrected chi connectivity index (χ0v) is 15.7. The van der Waals surface area contributed by atoms with Crippen LogP contribution in [0.5, 0.6) is 0 Å². The Hall–Kier alpha value is -2.24. The molecule has 1 atom stereocenters. The SMILES string of the molecule is Cc1ccccc1C(NC(=O)CCN1CCN(C)CC1)c1ccncc1. The Morgan fingerprint density at radius 3 is 2.50 bits per heavy atom. The smallest absolute Gasteiger partial charge is 0.222 e. The number of hydrogen-bond donors (Lipinski definition) is 1. The number of carbonyl (C=O) groups is 1. The lowest BCUT2D eigenvalue weighted by atomic mass is 9.95. The summed E-state index contributed by atoms with van der Waals surface area (Å²) >= 11 is 0. The van der Waals surface area contributed by atoms with Gasteiger partial charge < -0.3 is 15.1 Å². The van der Waals surface area contributed by atoms with E-state index in [-0.39, 0.29) is 11.9 Å². The van der Waals surface area contributed by atoms with E-state index in [0.29, 0.717) is 6.42 Å². The van der Waals surface area contributed by atoms with Gasteiger partial charge >= 0.3 is 0 Å². The van der Waals surface area contributed by atoms with Crippen LogP contribution in [0.4, 0.5) is 0 Å². The predicted octanol–water partition coefficient (Wildman–Crippen LogP) is 2.23. The number of likely N-dealkylation sites (N-methyl/N-ethyl adjacent to an activating group) is 1. The molecule has 0 spiro atoms. The highest BCUT2D eigenvalue weighted by molar-refractivity contribution is 5.77. The van der Waals surface area contributed by atoms with E-state index in [1.807, 2.05) is 24.3 Å². The molecule has 138 valence electrons. The summed E-state index contributed by atoms with van der Waals surface area (Å²) in [5.41, 5.74) is 3.36. The molecule has 0 bridgehead atoms. The predicted molar refractivity (Wildman–Crippen MR) is 104 cm³/mol. The number of carbonyl (C=O) groups excluding carboxylic acids is 1. The molecule has 1 unspecified atom stereocenters. The average molecular weight is 352 g/mol. The first-order valence-electron chi connectivity index (χ1n) is 9.29. The number of rotatable bonds is 6. The summed E-state index contributed by atoms with van der Waals surface area (Å²) in [5.74, 6) is 0.0917. The Kier molecular flexibility index (Phi) is 6.36. The minimum atomic E-state index is -0.140. The monoisotopic (exact) mass is 352 g/mol. The molecule has 1 fully saturated rings. The van der Waals surface area contributed by atoms with Gasteiger partial charge in [-0.25, -0.2) is 0 Å². The lowest BCUT2D eigenvalue weighted by Crippen LogP contribution is -2.45. The van der Waals surface area contributed by atoms with Crippen LogP contribution in [-0.2, 0) is 4.79 Å². The Labute approximate surface area is 156 Å². The number of amides is 1. The van der Waals surface area contributed by atoms with Gasteiger partial charge in [-0.3, -0.25) is 9.78 Å². The maximum absolute atomic E-state index is 12.7. The van der Waals surface area contributed by atoms with E-state index < -0.39 is 0 Å². The molecule has 5 heteroatoms. The van der Waals surface area contributed by atoms with Crippen molar-refractivity contribution in [2.24, 2.45) is 0 Å². The maximum Gasteiger partial charge on any atom is 0.222 e. The molecule has 1 N–H and O–H groups in total. The zero-order chi connectivity index (χ0) is 18.4. The van der Waals surface area contributed by atoms with Crippen molar-refractivity contribution in [2.75, 3.05) is 39.8 Å².